The Balaban J connectivity index is 1.56. The Hall–Kier alpha value is -3.02. The number of nitrogens with one attached hydrogen (secondary N) is 1. The van der Waals surface area contributed by atoms with Crippen LogP contribution >= 0.6 is 0 Å². The number of para-hydroxylation sites is 1. The summed E-state index contributed by atoms with van der Waals surface area (Å²) < 4.78 is 5.79. The molecule has 28 heavy (non-hydrogen) atoms. The van der Waals surface area contributed by atoms with Crippen LogP contribution < -0.4 is 10.1 Å². The van der Waals surface area contributed by atoms with E-state index in [2.05, 4.69) is 5.32 Å². The van der Waals surface area contributed by atoms with Gasteiger partial charge in [-0.1, -0.05) is 30.3 Å². The smallest absolute Gasteiger partial charge is 0.303 e. The van der Waals surface area contributed by atoms with Crippen LogP contribution in [-0.2, 0) is 22.6 Å². The Kier molecular flexibility index (Phi) is 6.89. The fourth-order valence-corrected chi connectivity index (χ4v) is 3.27. The lowest BCUT2D eigenvalue weighted by Gasteiger charge is -2.17. The van der Waals surface area contributed by atoms with Crippen LogP contribution in [0, 0.1) is 0 Å². The standard InChI is InChI=1S/C22H26N2O4/c25-21(24-12-3-4-13-24)16-28-20-9-2-1-7-18(20)15-23-19-8-5-6-17(14-19)10-11-22(26)27/h1-2,5-9,14,23H,3-4,10-13,15-16H2,(H,26,27). The van der Waals surface area contributed by atoms with E-state index >= 15 is 0 Å². The lowest BCUT2D eigenvalue weighted by molar-refractivity contribution is -0.137. The van der Waals surface area contributed by atoms with E-state index in [-0.39, 0.29) is 18.9 Å². The summed E-state index contributed by atoms with van der Waals surface area (Å²) in [5, 5.41) is 12.2. The third-order valence-electron chi connectivity index (χ3n) is 4.82. The summed E-state index contributed by atoms with van der Waals surface area (Å²) in [6, 6.07) is 15.4. The molecular formula is C22H26N2O4. The third kappa shape index (κ3) is 5.74. The van der Waals surface area contributed by atoms with Gasteiger partial charge in [0.15, 0.2) is 6.61 Å². The molecule has 0 atom stereocenters. The lowest BCUT2D eigenvalue weighted by Crippen LogP contribution is -2.32. The number of hydrogen-bond donors (Lipinski definition) is 2. The maximum atomic E-state index is 12.2. The number of likely N-dealkylation sites (tertiary alicyclic amines) is 1. The number of carbonyl (C=O) groups is 2. The number of hydrogen-bond acceptors (Lipinski definition) is 4. The van der Waals surface area contributed by atoms with E-state index < -0.39 is 5.97 Å². The molecule has 6 heteroatoms. The molecule has 6 nitrogen and oxygen atoms in total. The molecule has 0 aromatic heterocycles. The maximum Gasteiger partial charge on any atom is 0.303 e. The van der Waals surface area contributed by atoms with Crippen LogP contribution in [0.1, 0.15) is 30.4 Å². The van der Waals surface area contributed by atoms with Crippen LogP contribution in [0.15, 0.2) is 48.5 Å². The van der Waals surface area contributed by atoms with Crippen molar-refractivity contribution in [2.45, 2.75) is 32.2 Å². The molecule has 0 radical (unpaired) electrons. The van der Waals surface area contributed by atoms with Gasteiger partial charge in [0.2, 0.25) is 0 Å². The zero-order chi connectivity index (χ0) is 19.8. The molecule has 1 amide bonds. The monoisotopic (exact) mass is 382 g/mol. The number of benzene rings is 2. The minimum atomic E-state index is -0.798. The average Bonchev–Trinajstić information content (AvgIpc) is 3.25. The van der Waals surface area contributed by atoms with Crippen molar-refractivity contribution in [2.24, 2.45) is 0 Å². The van der Waals surface area contributed by atoms with Gasteiger partial charge in [0, 0.05) is 37.3 Å². The Morgan fingerprint density at radius 1 is 1.07 bits per heavy atom. The van der Waals surface area contributed by atoms with Gasteiger partial charge in [-0.15, -0.1) is 0 Å². The van der Waals surface area contributed by atoms with Crippen molar-refractivity contribution in [1.29, 1.82) is 0 Å². The summed E-state index contributed by atoms with van der Waals surface area (Å²) in [7, 11) is 0. The number of anilines is 1. The predicted octanol–water partition coefficient (Wildman–Crippen LogP) is 3.32. The number of carbonyl (C=O) groups excluding carboxylic acids is 1. The summed E-state index contributed by atoms with van der Waals surface area (Å²) >= 11 is 0. The van der Waals surface area contributed by atoms with Gasteiger partial charge in [-0.3, -0.25) is 9.59 Å². The van der Waals surface area contributed by atoms with E-state index in [0.717, 1.165) is 42.7 Å². The van der Waals surface area contributed by atoms with Gasteiger partial charge in [0.25, 0.3) is 5.91 Å². The Morgan fingerprint density at radius 2 is 1.86 bits per heavy atom. The van der Waals surface area contributed by atoms with E-state index in [1.807, 2.05) is 53.4 Å². The Bertz CT molecular complexity index is 816. The van der Waals surface area contributed by atoms with Crippen LogP contribution in [0.4, 0.5) is 5.69 Å². The van der Waals surface area contributed by atoms with E-state index in [9.17, 15) is 9.59 Å². The van der Waals surface area contributed by atoms with Gasteiger partial charge in [0.1, 0.15) is 5.75 Å². The molecule has 0 spiro atoms. The average molecular weight is 382 g/mol. The van der Waals surface area contributed by atoms with Crippen molar-refractivity contribution in [1.82, 2.24) is 4.90 Å². The van der Waals surface area contributed by atoms with Gasteiger partial charge in [0.05, 0.1) is 0 Å². The summed E-state index contributed by atoms with van der Waals surface area (Å²) in [5.74, 6) is -0.0658. The molecule has 2 aromatic carbocycles. The molecule has 0 bridgehead atoms. The fraction of sp³-hybridized carbons (Fsp3) is 0.364. The molecule has 0 unspecified atom stereocenters. The zero-order valence-corrected chi connectivity index (χ0v) is 15.9. The van der Waals surface area contributed by atoms with Crippen LogP contribution in [0.5, 0.6) is 5.75 Å². The Labute approximate surface area is 165 Å². The maximum absolute atomic E-state index is 12.2. The normalized spacial score (nSPS) is 13.4. The van der Waals surface area contributed by atoms with Crippen LogP contribution in [0.25, 0.3) is 0 Å². The first-order valence-electron chi connectivity index (χ1n) is 9.65. The molecule has 1 fully saturated rings. The second kappa shape index (κ2) is 9.78. The number of rotatable bonds is 9. The summed E-state index contributed by atoms with van der Waals surface area (Å²) in [4.78, 5) is 24.8. The van der Waals surface area contributed by atoms with E-state index in [1.54, 1.807) is 0 Å². The molecule has 1 aliphatic rings. The number of aliphatic carboxylic acids is 1. The second-order valence-electron chi connectivity index (χ2n) is 6.93. The number of ether oxygens (including phenoxy) is 1. The van der Waals surface area contributed by atoms with Gasteiger partial charge in [-0.05, 0) is 43.0 Å². The fourth-order valence-electron chi connectivity index (χ4n) is 3.27. The van der Waals surface area contributed by atoms with Gasteiger partial charge in [-0.2, -0.15) is 0 Å². The molecule has 2 N–H and O–H groups in total. The molecule has 1 aliphatic heterocycles. The van der Waals surface area contributed by atoms with Crippen LogP contribution in [0.3, 0.4) is 0 Å². The lowest BCUT2D eigenvalue weighted by atomic mass is 10.1. The number of amides is 1. The van der Waals surface area contributed by atoms with Crippen molar-refractivity contribution < 1.29 is 19.4 Å². The highest BCUT2D eigenvalue weighted by molar-refractivity contribution is 5.78. The number of nitrogens with zero attached hydrogens (tertiary/aromatic N) is 1. The van der Waals surface area contributed by atoms with Gasteiger partial charge >= 0.3 is 5.97 Å². The van der Waals surface area contributed by atoms with Crippen LogP contribution in [-0.4, -0.2) is 41.6 Å². The Morgan fingerprint density at radius 3 is 2.64 bits per heavy atom. The molecule has 148 valence electrons. The highest BCUT2D eigenvalue weighted by atomic mass is 16.5. The third-order valence-corrected chi connectivity index (χ3v) is 4.82. The largest absolute Gasteiger partial charge is 0.483 e. The molecule has 3 rings (SSSR count). The molecule has 1 saturated heterocycles. The van der Waals surface area contributed by atoms with Crippen molar-refractivity contribution in [3.8, 4) is 5.75 Å². The molecular weight excluding hydrogens is 356 g/mol. The summed E-state index contributed by atoms with van der Waals surface area (Å²) in [5.41, 5.74) is 2.87. The summed E-state index contributed by atoms with van der Waals surface area (Å²) in [6.45, 7) is 2.26. The first-order valence-corrected chi connectivity index (χ1v) is 9.65. The number of aryl methyl sites for hydroxylation is 1. The van der Waals surface area contributed by atoms with Crippen molar-refractivity contribution >= 4 is 17.6 Å². The molecule has 0 saturated carbocycles. The number of carboxylic acid groups (broad SMARTS) is 1. The topological polar surface area (TPSA) is 78.9 Å². The van der Waals surface area contributed by atoms with Gasteiger partial charge in [-0.25, -0.2) is 0 Å². The minimum absolute atomic E-state index is 0.0337. The molecule has 2 aromatic rings. The predicted molar refractivity (Wildman–Crippen MR) is 107 cm³/mol. The first kappa shape index (κ1) is 19.7. The quantitative estimate of drug-likeness (QED) is 0.696. The highest BCUT2D eigenvalue weighted by Crippen LogP contribution is 2.21. The van der Waals surface area contributed by atoms with E-state index in [1.165, 1.54) is 0 Å². The highest BCUT2D eigenvalue weighted by Gasteiger charge is 2.18. The van der Waals surface area contributed by atoms with Crippen LogP contribution in [0.2, 0.25) is 0 Å². The molecule has 0 aliphatic carbocycles. The zero-order valence-electron chi connectivity index (χ0n) is 15.9. The van der Waals surface area contributed by atoms with E-state index in [4.69, 9.17) is 9.84 Å². The second-order valence-corrected chi connectivity index (χ2v) is 6.93. The van der Waals surface area contributed by atoms with Crippen molar-refractivity contribution in [2.75, 3.05) is 25.0 Å². The van der Waals surface area contributed by atoms with Gasteiger partial charge < -0.3 is 20.1 Å². The minimum Gasteiger partial charge on any atom is -0.483 e. The first-order chi connectivity index (χ1) is 13.6. The van der Waals surface area contributed by atoms with Crippen molar-refractivity contribution in [3.05, 3.63) is 59.7 Å². The van der Waals surface area contributed by atoms with Crippen molar-refractivity contribution in [3.63, 3.8) is 0 Å². The number of carboxylic acids is 1. The summed E-state index contributed by atoms with van der Waals surface area (Å²) in [6.07, 6.45) is 2.75. The van der Waals surface area contributed by atoms with E-state index in [0.29, 0.717) is 18.7 Å². The SMILES string of the molecule is O=C(O)CCc1cccc(NCc2ccccc2OCC(=O)N2CCCC2)c1. The molecule has 1 heterocycles.